The fourth-order valence-electron chi connectivity index (χ4n) is 2.94. The lowest BCUT2D eigenvalue weighted by atomic mass is 10.1. The van der Waals surface area contributed by atoms with Crippen molar-refractivity contribution in [2.75, 3.05) is 5.32 Å². The van der Waals surface area contributed by atoms with Crippen LogP contribution in [0.1, 0.15) is 30.6 Å². The highest BCUT2D eigenvalue weighted by molar-refractivity contribution is 5.51. The summed E-state index contributed by atoms with van der Waals surface area (Å²) in [5, 5.41) is 16.9. The second-order valence-corrected chi connectivity index (χ2v) is 5.90. The van der Waals surface area contributed by atoms with Crippen LogP contribution in [0.3, 0.4) is 0 Å². The second kappa shape index (κ2) is 5.96. The third-order valence-corrected chi connectivity index (χ3v) is 4.34. The van der Waals surface area contributed by atoms with Gasteiger partial charge in [0, 0.05) is 33.0 Å². The van der Waals surface area contributed by atoms with Crippen molar-refractivity contribution in [3.8, 4) is 6.07 Å². The van der Waals surface area contributed by atoms with Gasteiger partial charge in [0.05, 0.1) is 6.54 Å². The molecule has 3 heterocycles. The van der Waals surface area contributed by atoms with Crippen molar-refractivity contribution in [1.82, 2.24) is 23.9 Å². The van der Waals surface area contributed by atoms with Crippen molar-refractivity contribution in [3.05, 3.63) is 38.1 Å². The van der Waals surface area contributed by atoms with Gasteiger partial charge in [0.2, 0.25) is 0 Å². The van der Waals surface area contributed by atoms with Gasteiger partial charge >= 0.3 is 5.69 Å². The molecule has 1 aliphatic heterocycles. The number of nitrogens with one attached hydrogen (secondary N) is 1. The fraction of sp³-hybridized carbons (Fsp3) is 0.533. The third-order valence-electron chi connectivity index (χ3n) is 4.34. The number of fused-ring (bicyclic) bond motifs is 1. The van der Waals surface area contributed by atoms with Crippen LogP contribution >= 0.6 is 0 Å². The van der Waals surface area contributed by atoms with Crippen LogP contribution in [0.2, 0.25) is 0 Å². The molecule has 0 radical (unpaired) electrons. The van der Waals surface area contributed by atoms with Crippen molar-refractivity contribution in [2.45, 2.75) is 38.8 Å². The molecular weight excluding hydrogens is 310 g/mol. The largest absolute Gasteiger partial charge is 0.365 e. The molecule has 2 aromatic rings. The van der Waals surface area contributed by atoms with Crippen LogP contribution in [0.4, 0.5) is 5.82 Å². The van der Waals surface area contributed by atoms with Crippen molar-refractivity contribution < 1.29 is 0 Å². The number of hydrogen-bond acceptors (Lipinski definition) is 6. The van der Waals surface area contributed by atoms with Crippen LogP contribution in [-0.2, 0) is 33.5 Å². The Balaban J connectivity index is 1.94. The van der Waals surface area contributed by atoms with Gasteiger partial charge in [-0.25, -0.2) is 14.5 Å². The molecule has 0 saturated heterocycles. The van der Waals surface area contributed by atoms with E-state index in [4.69, 9.17) is 0 Å². The summed E-state index contributed by atoms with van der Waals surface area (Å²) < 4.78 is 4.09. The van der Waals surface area contributed by atoms with E-state index in [1.165, 1.54) is 11.6 Å². The van der Waals surface area contributed by atoms with Crippen LogP contribution in [0.25, 0.3) is 0 Å². The highest BCUT2D eigenvalue weighted by atomic mass is 16.2. The minimum Gasteiger partial charge on any atom is -0.365 e. The zero-order valence-corrected chi connectivity index (χ0v) is 13.9. The Morgan fingerprint density at radius 2 is 2.08 bits per heavy atom. The topological polar surface area (TPSA) is 111 Å². The molecule has 0 aliphatic carbocycles. The lowest BCUT2D eigenvalue weighted by Gasteiger charge is -2.25. The lowest BCUT2D eigenvalue weighted by Crippen LogP contribution is -2.42. The van der Waals surface area contributed by atoms with Gasteiger partial charge < -0.3 is 5.32 Å². The van der Waals surface area contributed by atoms with Crippen LogP contribution < -0.4 is 16.6 Å². The first-order chi connectivity index (χ1) is 11.5. The number of anilines is 1. The Labute approximate surface area is 138 Å². The number of aromatic nitrogens is 5. The lowest BCUT2D eigenvalue weighted by molar-refractivity contribution is 0.437. The van der Waals surface area contributed by atoms with E-state index < -0.39 is 11.2 Å². The molecule has 9 nitrogen and oxygen atoms in total. The maximum absolute atomic E-state index is 12.1. The molecule has 1 N–H and O–H groups in total. The van der Waals surface area contributed by atoms with Crippen LogP contribution in [-0.4, -0.2) is 29.9 Å². The summed E-state index contributed by atoms with van der Waals surface area (Å²) in [6.45, 7) is 2.59. The van der Waals surface area contributed by atoms with E-state index in [1.807, 2.05) is 17.7 Å². The number of aryl methyl sites for hydroxylation is 2. The first kappa shape index (κ1) is 16.0. The van der Waals surface area contributed by atoms with Gasteiger partial charge in [0.1, 0.15) is 17.7 Å². The molecule has 1 aliphatic rings. The predicted octanol–water partition coefficient (Wildman–Crippen LogP) is -0.464. The minimum atomic E-state index is -0.589. The SMILES string of the molecule is CCc1nc2n(n1)C[C@@H](Nc1c(C#N)c(=O)n(C)c(=O)n1C)CC2. The highest BCUT2D eigenvalue weighted by Crippen LogP contribution is 2.18. The standard InChI is InChI=1S/C15H19N7O2/c1-4-11-18-12-6-5-9(8-22(12)19-11)17-13-10(7-16)14(23)21(3)15(24)20(13)2/h9,17H,4-6,8H2,1-3H3/t9-/m0/s1. The summed E-state index contributed by atoms with van der Waals surface area (Å²) in [6, 6.07) is 1.87. The third kappa shape index (κ3) is 2.50. The van der Waals surface area contributed by atoms with E-state index >= 15 is 0 Å². The van der Waals surface area contributed by atoms with Crippen LogP contribution in [0, 0.1) is 11.3 Å². The summed E-state index contributed by atoms with van der Waals surface area (Å²) in [5.74, 6) is 2.02. The molecule has 0 spiro atoms. The summed E-state index contributed by atoms with van der Waals surface area (Å²) in [4.78, 5) is 28.7. The number of hydrogen-bond donors (Lipinski definition) is 1. The van der Waals surface area contributed by atoms with Crippen LogP contribution in [0.5, 0.6) is 0 Å². The Morgan fingerprint density at radius 1 is 1.33 bits per heavy atom. The highest BCUT2D eigenvalue weighted by Gasteiger charge is 2.24. The summed E-state index contributed by atoms with van der Waals surface area (Å²) in [6.07, 6.45) is 2.32. The minimum absolute atomic E-state index is 0.0336. The number of rotatable bonds is 3. The quantitative estimate of drug-likeness (QED) is 0.815. The molecule has 0 amide bonds. The average molecular weight is 329 g/mol. The second-order valence-electron chi connectivity index (χ2n) is 5.90. The van der Waals surface area contributed by atoms with E-state index in [1.54, 1.807) is 7.05 Å². The molecule has 24 heavy (non-hydrogen) atoms. The normalized spacial score (nSPS) is 16.5. The zero-order valence-electron chi connectivity index (χ0n) is 13.9. The molecule has 3 rings (SSSR count). The van der Waals surface area contributed by atoms with E-state index in [9.17, 15) is 14.9 Å². The van der Waals surface area contributed by atoms with Crippen molar-refractivity contribution in [1.29, 1.82) is 5.26 Å². The summed E-state index contributed by atoms with van der Waals surface area (Å²) in [7, 11) is 2.91. The Bertz CT molecular complexity index is 944. The number of nitrogens with zero attached hydrogens (tertiary/aromatic N) is 6. The first-order valence-electron chi connectivity index (χ1n) is 7.85. The van der Waals surface area contributed by atoms with Gasteiger partial charge in [-0.3, -0.25) is 13.9 Å². The Morgan fingerprint density at radius 3 is 2.75 bits per heavy atom. The smallest absolute Gasteiger partial charge is 0.332 e. The van der Waals surface area contributed by atoms with Crippen molar-refractivity contribution in [3.63, 3.8) is 0 Å². The first-order valence-corrected chi connectivity index (χ1v) is 7.85. The van der Waals surface area contributed by atoms with Crippen molar-refractivity contribution >= 4 is 5.82 Å². The van der Waals surface area contributed by atoms with Gasteiger partial charge in [-0.2, -0.15) is 10.4 Å². The molecular formula is C15H19N7O2. The van der Waals surface area contributed by atoms with Crippen LogP contribution in [0.15, 0.2) is 9.59 Å². The zero-order chi connectivity index (χ0) is 17.4. The van der Waals surface area contributed by atoms with Gasteiger partial charge in [-0.05, 0) is 6.42 Å². The van der Waals surface area contributed by atoms with Gasteiger partial charge in [0.15, 0.2) is 11.4 Å². The molecule has 0 unspecified atom stereocenters. The van der Waals surface area contributed by atoms with Gasteiger partial charge in [-0.15, -0.1) is 0 Å². The average Bonchev–Trinajstić information content (AvgIpc) is 3.00. The molecule has 0 saturated carbocycles. The van der Waals surface area contributed by atoms with E-state index in [-0.39, 0.29) is 17.4 Å². The molecule has 0 bridgehead atoms. The Hall–Kier alpha value is -2.89. The Kier molecular flexibility index (Phi) is 3.97. The fourth-order valence-corrected chi connectivity index (χ4v) is 2.94. The number of nitriles is 1. The molecule has 126 valence electrons. The van der Waals surface area contributed by atoms with Gasteiger partial charge in [-0.1, -0.05) is 6.92 Å². The van der Waals surface area contributed by atoms with E-state index in [2.05, 4.69) is 15.4 Å². The maximum Gasteiger partial charge on any atom is 0.332 e. The molecule has 1 atom stereocenters. The molecule has 0 fully saturated rings. The maximum atomic E-state index is 12.1. The van der Waals surface area contributed by atoms with Crippen molar-refractivity contribution in [2.24, 2.45) is 14.1 Å². The predicted molar refractivity (Wildman–Crippen MR) is 86.8 cm³/mol. The summed E-state index contributed by atoms with van der Waals surface area (Å²) in [5.41, 5.74) is -1.11. The molecule has 9 heteroatoms. The van der Waals surface area contributed by atoms with E-state index in [0.717, 1.165) is 35.5 Å². The molecule has 0 aromatic carbocycles. The summed E-state index contributed by atoms with van der Waals surface area (Å²) >= 11 is 0. The van der Waals surface area contributed by atoms with E-state index in [0.29, 0.717) is 6.54 Å². The molecule has 2 aromatic heterocycles. The van der Waals surface area contributed by atoms with Gasteiger partial charge in [0.25, 0.3) is 5.56 Å². The monoisotopic (exact) mass is 329 g/mol.